The molecule has 2 rings (SSSR count). The molecule has 0 saturated heterocycles. The third kappa shape index (κ3) is 4.24. The quantitative estimate of drug-likeness (QED) is 0.841. The smallest absolute Gasteiger partial charge is 0.115 e. The Kier molecular flexibility index (Phi) is 5.09. The van der Waals surface area contributed by atoms with Crippen LogP contribution >= 0.6 is 0 Å². The maximum atomic E-state index is 9.30. The van der Waals surface area contributed by atoms with Crippen molar-refractivity contribution in [1.29, 1.82) is 0 Å². The van der Waals surface area contributed by atoms with E-state index < -0.39 is 0 Å². The molecule has 0 radical (unpaired) electrons. The molecule has 1 aliphatic carbocycles. The molecule has 20 heavy (non-hydrogen) atoms. The van der Waals surface area contributed by atoms with Crippen molar-refractivity contribution in [3.8, 4) is 5.75 Å². The summed E-state index contributed by atoms with van der Waals surface area (Å²) >= 11 is 0. The number of aromatic hydroxyl groups is 1. The molecule has 1 saturated carbocycles. The average Bonchev–Trinajstić information content (AvgIpc) is 2.40. The van der Waals surface area contributed by atoms with E-state index in [1.54, 1.807) is 12.1 Å². The summed E-state index contributed by atoms with van der Waals surface area (Å²) in [6.07, 6.45) is 7.63. The average molecular weight is 275 g/mol. The van der Waals surface area contributed by atoms with Crippen LogP contribution in [0.4, 0.5) is 0 Å². The van der Waals surface area contributed by atoms with Crippen LogP contribution in [-0.2, 0) is 6.42 Å². The van der Waals surface area contributed by atoms with E-state index >= 15 is 0 Å². The maximum Gasteiger partial charge on any atom is 0.115 e. The molecule has 112 valence electrons. The lowest BCUT2D eigenvalue weighted by Crippen LogP contribution is -2.47. The van der Waals surface area contributed by atoms with Crippen LogP contribution in [0.5, 0.6) is 5.75 Å². The number of phenolic OH excluding ortho intramolecular Hbond substituents is 1. The normalized spacial score (nSPS) is 23.4. The number of nitrogens with one attached hydrogen (secondary N) is 1. The van der Waals surface area contributed by atoms with Crippen molar-refractivity contribution < 1.29 is 5.11 Å². The van der Waals surface area contributed by atoms with Crippen LogP contribution in [-0.4, -0.2) is 17.2 Å². The highest BCUT2D eigenvalue weighted by Gasteiger charge is 2.32. The molecule has 1 fully saturated rings. The molecule has 0 aliphatic heterocycles. The van der Waals surface area contributed by atoms with Crippen molar-refractivity contribution in [1.82, 2.24) is 5.32 Å². The summed E-state index contributed by atoms with van der Waals surface area (Å²) in [5, 5.41) is 13.1. The van der Waals surface area contributed by atoms with E-state index in [9.17, 15) is 5.11 Å². The SMILES string of the molecule is CC(CCc1ccc(O)cc1)NC1CCCCC1(C)C. The molecule has 2 nitrogen and oxygen atoms in total. The Bertz CT molecular complexity index is 410. The fourth-order valence-corrected chi connectivity index (χ4v) is 3.28. The van der Waals surface area contributed by atoms with Crippen LogP contribution in [0.2, 0.25) is 0 Å². The first-order valence-corrected chi connectivity index (χ1v) is 8.01. The molecular weight excluding hydrogens is 246 g/mol. The van der Waals surface area contributed by atoms with Gasteiger partial charge in [0.15, 0.2) is 0 Å². The highest BCUT2D eigenvalue weighted by Crippen LogP contribution is 2.35. The van der Waals surface area contributed by atoms with Gasteiger partial charge in [0.1, 0.15) is 5.75 Å². The third-order valence-corrected chi connectivity index (χ3v) is 4.80. The van der Waals surface area contributed by atoms with Gasteiger partial charge in [-0.3, -0.25) is 0 Å². The number of hydrogen-bond acceptors (Lipinski definition) is 2. The van der Waals surface area contributed by atoms with Crippen LogP contribution < -0.4 is 5.32 Å². The number of rotatable bonds is 5. The summed E-state index contributed by atoms with van der Waals surface area (Å²) in [6.45, 7) is 7.10. The van der Waals surface area contributed by atoms with E-state index in [-0.39, 0.29) is 0 Å². The van der Waals surface area contributed by atoms with E-state index in [0.717, 1.165) is 12.8 Å². The second-order valence-electron chi connectivity index (χ2n) is 7.06. The third-order valence-electron chi connectivity index (χ3n) is 4.80. The minimum absolute atomic E-state index is 0.351. The Morgan fingerprint density at radius 1 is 1.25 bits per heavy atom. The summed E-state index contributed by atoms with van der Waals surface area (Å²) in [4.78, 5) is 0. The summed E-state index contributed by atoms with van der Waals surface area (Å²) in [6, 6.07) is 8.80. The molecule has 1 aromatic rings. The molecular formula is C18H29NO. The van der Waals surface area contributed by atoms with Gasteiger partial charge >= 0.3 is 0 Å². The molecule has 0 amide bonds. The van der Waals surface area contributed by atoms with Crippen LogP contribution in [0.25, 0.3) is 0 Å². The van der Waals surface area contributed by atoms with Gasteiger partial charge in [-0.25, -0.2) is 0 Å². The van der Waals surface area contributed by atoms with Gasteiger partial charge in [-0.1, -0.05) is 38.8 Å². The predicted octanol–water partition coefficient (Wildman–Crippen LogP) is 4.27. The Hall–Kier alpha value is -1.02. The lowest BCUT2D eigenvalue weighted by Gasteiger charge is -2.40. The molecule has 1 aliphatic rings. The summed E-state index contributed by atoms with van der Waals surface area (Å²) in [7, 11) is 0. The van der Waals surface area contributed by atoms with Gasteiger partial charge in [-0.2, -0.15) is 0 Å². The largest absolute Gasteiger partial charge is 0.508 e. The van der Waals surface area contributed by atoms with Crippen molar-refractivity contribution in [2.45, 2.75) is 71.4 Å². The van der Waals surface area contributed by atoms with Gasteiger partial charge < -0.3 is 10.4 Å². The van der Waals surface area contributed by atoms with Crippen molar-refractivity contribution in [2.75, 3.05) is 0 Å². The zero-order valence-corrected chi connectivity index (χ0v) is 13.2. The summed E-state index contributed by atoms with van der Waals surface area (Å²) in [5.74, 6) is 0.351. The van der Waals surface area contributed by atoms with Gasteiger partial charge in [-0.05, 0) is 55.7 Å². The van der Waals surface area contributed by atoms with E-state index in [0.29, 0.717) is 23.2 Å². The molecule has 0 heterocycles. The van der Waals surface area contributed by atoms with E-state index in [2.05, 4.69) is 26.1 Å². The molecule has 1 aromatic carbocycles. The zero-order valence-electron chi connectivity index (χ0n) is 13.2. The lowest BCUT2D eigenvalue weighted by atomic mass is 9.73. The van der Waals surface area contributed by atoms with Gasteiger partial charge in [0.2, 0.25) is 0 Å². The van der Waals surface area contributed by atoms with Crippen molar-refractivity contribution >= 4 is 0 Å². The topological polar surface area (TPSA) is 32.3 Å². The number of hydrogen-bond donors (Lipinski definition) is 2. The maximum absolute atomic E-state index is 9.30. The van der Waals surface area contributed by atoms with E-state index in [4.69, 9.17) is 0 Å². The Labute approximate surface area is 123 Å². The lowest BCUT2D eigenvalue weighted by molar-refractivity contribution is 0.156. The van der Waals surface area contributed by atoms with Gasteiger partial charge in [0.05, 0.1) is 0 Å². The fraction of sp³-hybridized carbons (Fsp3) is 0.667. The van der Waals surface area contributed by atoms with Crippen molar-refractivity contribution in [3.63, 3.8) is 0 Å². The molecule has 0 bridgehead atoms. The molecule has 2 heteroatoms. The predicted molar refractivity (Wildman–Crippen MR) is 85.1 cm³/mol. The first kappa shape index (κ1) is 15.4. The van der Waals surface area contributed by atoms with E-state index in [1.165, 1.54) is 31.2 Å². The molecule has 0 spiro atoms. The number of phenols is 1. The Morgan fingerprint density at radius 2 is 1.95 bits per heavy atom. The van der Waals surface area contributed by atoms with E-state index in [1.807, 2.05) is 12.1 Å². The molecule has 0 aromatic heterocycles. The summed E-state index contributed by atoms with van der Waals surface area (Å²) in [5.41, 5.74) is 1.74. The second-order valence-corrected chi connectivity index (χ2v) is 7.06. The minimum Gasteiger partial charge on any atom is -0.508 e. The van der Waals surface area contributed by atoms with Crippen LogP contribution in [0.15, 0.2) is 24.3 Å². The Morgan fingerprint density at radius 3 is 2.60 bits per heavy atom. The second kappa shape index (κ2) is 6.62. The highest BCUT2D eigenvalue weighted by molar-refractivity contribution is 5.25. The fourth-order valence-electron chi connectivity index (χ4n) is 3.28. The van der Waals surface area contributed by atoms with Crippen LogP contribution in [0, 0.1) is 5.41 Å². The van der Waals surface area contributed by atoms with Gasteiger partial charge in [0.25, 0.3) is 0 Å². The standard InChI is InChI=1S/C18H29NO/c1-14(7-8-15-9-11-16(20)12-10-15)19-17-6-4-5-13-18(17,2)3/h9-12,14,17,19-20H,4-8,13H2,1-3H3. The van der Waals surface area contributed by atoms with Crippen LogP contribution in [0.1, 0.15) is 58.4 Å². The highest BCUT2D eigenvalue weighted by atomic mass is 16.3. The van der Waals surface area contributed by atoms with Gasteiger partial charge in [0, 0.05) is 12.1 Å². The summed E-state index contributed by atoms with van der Waals surface area (Å²) < 4.78 is 0. The minimum atomic E-state index is 0.351. The first-order valence-electron chi connectivity index (χ1n) is 8.01. The first-order chi connectivity index (χ1) is 9.47. The monoisotopic (exact) mass is 275 g/mol. The van der Waals surface area contributed by atoms with Crippen molar-refractivity contribution in [3.05, 3.63) is 29.8 Å². The Balaban J connectivity index is 1.80. The molecule has 2 unspecified atom stereocenters. The zero-order chi connectivity index (χ0) is 14.6. The van der Waals surface area contributed by atoms with Gasteiger partial charge in [-0.15, -0.1) is 0 Å². The molecule has 2 N–H and O–H groups in total. The number of benzene rings is 1. The number of aryl methyl sites for hydroxylation is 1. The van der Waals surface area contributed by atoms with Crippen LogP contribution in [0.3, 0.4) is 0 Å². The van der Waals surface area contributed by atoms with Crippen molar-refractivity contribution in [2.24, 2.45) is 5.41 Å². The molecule has 2 atom stereocenters.